The molecule has 0 radical (unpaired) electrons. The molecule has 0 aliphatic rings. The van der Waals surface area contributed by atoms with Gasteiger partial charge in [-0.3, -0.25) is 0 Å². The molecule has 0 aliphatic carbocycles. The number of carbonyl (C=O) groups is 1. The predicted molar refractivity (Wildman–Crippen MR) is 54.9 cm³/mol. The number of benzene rings is 1. The van der Waals surface area contributed by atoms with Gasteiger partial charge in [0.2, 0.25) is 0 Å². The average molecular weight is 242 g/mol. The first-order chi connectivity index (χ1) is 7.93. The van der Waals surface area contributed by atoms with Crippen LogP contribution in [-0.4, -0.2) is 13.1 Å². The van der Waals surface area contributed by atoms with Crippen LogP contribution in [-0.2, 0) is 22.1 Å². The van der Waals surface area contributed by atoms with Crippen molar-refractivity contribution in [3.05, 3.63) is 35.4 Å². The number of carbonyl (C=O) groups excluding carboxylic acids is 1. The minimum absolute atomic E-state index is 0.202. The lowest BCUT2D eigenvalue weighted by atomic mass is 10.1. The molecular weight excluding hydrogens is 233 g/mol. The highest BCUT2D eigenvalue weighted by molar-refractivity contribution is 5.88. The second-order valence-corrected chi connectivity index (χ2v) is 3.16. The molecule has 0 amide bonds. The van der Waals surface area contributed by atoms with Crippen LogP contribution in [0.3, 0.4) is 0 Å². The second kappa shape index (κ2) is 5.39. The van der Waals surface area contributed by atoms with E-state index >= 15 is 0 Å². The van der Waals surface area contributed by atoms with E-state index in [0.717, 1.165) is 12.1 Å². The number of hydrogen-bond donors (Lipinski definition) is 0. The third-order valence-corrected chi connectivity index (χ3v) is 1.95. The molecular formula is C12H9F3O2. The van der Waals surface area contributed by atoms with Gasteiger partial charge in [0.1, 0.15) is 0 Å². The fourth-order valence-electron chi connectivity index (χ4n) is 1.08. The molecule has 0 fully saturated rings. The van der Waals surface area contributed by atoms with Crippen LogP contribution >= 0.6 is 0 Å². The van der Waals surface area contributed by atoms with Crippen LogP contribution in [0.1, 0.15) is 11.1 Å². The molecule has 0 unspecified atom stereocenters. The second-order valence-electron chi connectivity index (χ2n) is 3.16. The Morgan fingerprint density at radius 1 is 1.29 bits per heavy atom. The third-order valence-electron chi connectivity index (χ3n) is 1.95. The average Bonchev–Trinajstić information content (AvgIpc) is 2.28. The molecule has 5 heteroatoms. The van der Waals surface area contributed by atoms with Crippen LogP contribution in [0.25, 0.3) is 0 Å². The quantitative estimate of drug-likeness (QED) is 0.429. The maximum atomic E-state index is 12.2. The standard InChI is InChI=1S/C12H9F3O2/c1-17-11(16)4-2-3-9-5-7-10(8-6-9)12(13,14)15/h5-8H,3H2,1H3. The van der Waals surface area contributed by atoms with Gasteiger partial charge in [-0.1, -0.05) is 18.1 Å². The van der Waals surface area contributed by atoms with Gasteiger partial charge in [0, 0.05) is 12.3 Å². The number of rotatable bonds is 1. The summed E-state index contributed by atoms with van der Waals surface area (Å²) < 4.78 is 41.0. The van der Waals surface area contributed by atoms with Gasteiger partial charge < -0.3 is 4.74 Å². The van der Waals surface area contributed by atoms with Crippen molar-refractivity contribution >= 4 is 5.97 Å². The largest absolute Gasteiger partial charge is 0.459 e. The first-order valence-corrected chi connectivity index (χ1v) is 4.66. The van der Waals surface area contributed by atoms with E-state index in [1.807, 2.05) is 0 Å². The van der Waals surface area contributed by atoms with Crippen molar-refractivity contribution < 1.29 is 22.7 Å². The molecule has 1 rings (SSSR count). The summed E-state index contributed by atoms with van der Waals surface area (Å²) in [4.78, 5) is 10.6. The summed E-state index contributed by atoms with van der Waals surface area (Å²) in [5.74, 6) is 4.03. The molecule has 0 atom stereocenters. The van der Waals surface area contributed by atoms with Gasteiger partial charge in [-0.05, 0) is 17.7 Å². The van der Waals surface area contributed by atoms with Crippen molar-refractivity contribution in [2.45, 2.75) is 12.6 Å². The van der Waals surface area contributed by atoms with Crippen LogP contribution in [0.5, 0.6) is 0 Å². The molecule has 0 N–H and O–H groups in total. The highest BCUT2D eigenvalue weighted by Gasteiger charge is 2.29. The van der Waals surface area contributed by atoms with Gasteiger partial charge in [-0.2, -0.15) is 13.2 Å². The lowest BCUT2D eigenvalue weighted by Crippen LogP contribution is -2.04. The lowest BCUT2D eigenvalue weighted by Gasteiger charge is -2.06. The molecule has 0 heterocycles. The summed E-state index contributed by atoms with van der Waals surface area (Å²) in [5, 5.41) is 0. The van der Waals surface area contributed by atoms with E-state index in [1.165, 1.54) is 19.2 Å². The molecule has 0 saturated heterocycles. The van der Waals surface area contributed by atoms with Crippen LogP contribution in [0.2, 0.25) is 0 Å². The van der Waals surface area contributed by atoms with Gasteiger partial charge in [-0.25, -0.2) is 4.79 Å². The fourth-order valence-corrected chi connectivity index (χ4v) is 1.08. The minimum Gasteiger partial charge on any atom is -0.459 e. The lowest BCUT2D eigenvalue weighted by molar-refractivity contribution is -0.137. The number of halogens is 3. The highest BCUT2D eigenvalue weighted by atomic mass is 19.4. The first-order valence-electron chi connectivity index (χ1n) is 4.66. The third kappa shape index (κ3) is 4.19. The Bertz CT molecular complexity index is 449. The molecule has 90 valence electrons. The molecule has 0 aromatic heterocycles. The Kier molecular flexibility index (Phi) is 4.16. The fraction of sp³-hybridized carbons (Fsp3) is 0.250. The highest BCUT2D eigenvalue weighted by Crippen LogP contribution is 2.29. The molecule has 0 bridgehead atoms. The Hall–Kier alpha value is -1.96. The normalized spacial score (nSPS) is 10.4. The zero-order chi connectivity index (χ0) is 12.9. The Morgan fingerprint density at radius 2 is 1.88 bits per heavy atom. The van der Waals surface area contributed by atoms with E-state index < -0.39 is 17.7 Å². The van der Waals surface area contributed by atoms with Gasteiger partial charge in [0.25, 0.3) is 0 Å². The number of alkyl halides is 3. The molecule has 17 heavy (non-hydrogen) atoms. The van der Waals surface area contributed by atoms with Crippen LogP contribution < -0.4 is 0 Å². The predicted octanol–water partition coefficient (Wildman–Crippen LogP) is 2.42. The number of methoxy groups -OCH3 is 1. The number of ether oxygens (including phenoxy) is 1. The van der Waals surface area contributed by atoms with E-state index in [0.29, 0.717) is 5.56 Å². The van der Waals surface area contributed by atoms with Crippen LogP contribution in [0, 0.1) is 11.8 Å². The minimum atomic E-state index is -4.34. The summed E-state index contributed by atoms with van der Waals surface area (Å²) in [5.41, 5.74) is -0.100. The SMILES string of the molecule is COC(=O)C#CCc1ccc(C(F)(F)F)cc1. The van der Waals surface area contributed by atoms with E-state index in [9.17, 15) is 18.0 Å². The monoisotopic (exact) mass is 242 g/mol. The van der Waals surface area contributed by atoms with Crippen LogP contribution in [0.15, 0.2) is 24.3 Å². The maximum Gasteiger partial charge on any atom is 0.416 e. The summed E-state index contributed by atoms with van der Waals surface area (Å²) in [6.07, 6.45) is -4.14. The summed E-state index contributed by atoms with van der Waals surface area (Å²) >= 11 is 0. The zero-order valence-electron chi connectivity index (χ0n) is 8.97. The molecule has 1 aromatic rings. The summed E-state index contributed by atoms with van der Waals surface area (Å²) in [6.45, 7) is 0. The molecule has 0 aliphatic heterocycles. The van der Waals surface area contributed by atoms with Crippen molar-refractivity contribution in [1.29, 1.82) is 0 Å². The summed E-state index contributed by atoms with van der Waals surface area (Å²) in [6, 6.07) is 4.62. The van der Waals surface area contributed by atoms with Gasteiger partial charge in [0.15, 0.2) is 0 Å². The smallest absolute Gasteiger partial charge is 0.416 e. The number of hydrogen-bond acceptors (Lipinski definition) is 2. The van der Waals surface area contributed by atoms with E-state index in [4.69, 9.17) is 0 Å². The maximum absolute atomic E-state index is 12.2. The van der Waals surface area contributed by atoms with E-state index in [2.05, 4.69) is 16.6 Å². The van der Waals surface area contributed by atoms with Crippen molar-refractivity contribution in [1.82, 2.24) is 0 Å². The van der Waals surface area contributed by atoms with Gasteiger partial charge >= 0.3 is 12.1 Å². The van der Waals surface area contributed by atoms with Gasteiger partial charge in [-0.15, -0.1) is 0 Å². The van der Waals surface area contributed by atoms with Crippen LogP contribution in [0.4, 0.5) is 13.2 Å². The molecule has 0 spiro atoms. The summed E-state index contributed by atoms with van der Waals surface area (Å²) in [7, 11) is 1.20. The molecule has 0 saturated carbocycles. The first kappa shape index (κ1) is 13.1. The van der Waals surface area contributed by atoms with E-state index in [1.54, 1.807) is 0 Å². The van der Waals surface area contributed by atoms with Crippen molar-refractivity contribution in [2.24, 2.45) is 0 Å². The zero-order valence-corrected chi connectivity index (χ0v) is 8.97. The molecule has 1 aromatic carbocycles. The number of esters is 1. The Morgan fingerprint density at radius 3 is 2.35 bits per heavy atom. The topological polar surface area (TPSA) is 26.3 Å². The molecule has 2 nitrogen and oxygen atoms in total. The Labute approximate surface area is 96.4 Å². The van der Waals surface area contributed by atoms with Crippen molar-refractivity contribution in [3.63, 3.8) is 0 Å². The van der Waals surface area contributed by atoms with Crippen molar-refractivity contribution in [3.8, 4) is 11.8 Å². The van der Waals surface area contributed by atoms with E-state index in [-0.39, 0.29) is 6.42 Å². The van der Waals surface area contributed by atoms with Gasteiger partial charge in [0.05, 0.1) is 12.7 Å². The Balaban J connectivity index is 2.69. The van der Waals surface area contributed by atoms with Crippen molar-refractivity contribution in [2.75, 3.05) is 7.11 Å².